The average Bonchev–Trinajstić information content (AvgIpc) is 2.71. The Bertz CT molecular complexity index is 1140. The second-order valence-corrected chi connectivity index (χ2v) is 6.68. The first-order chi connectivity index (χ1) is 15.1. The highest BCUT2D eigenvalue weighted by Gasteiger charge is 2.10. The highest BCUT2D eigenvalue weighted by molar-refractivity contribution is 5.93. The van der Waals surface area contributed by atoms with Crippen molar-refractivity contribution < 1.29 is 29.3 Å². The Hall–Kier alpha value is -4.73. The van der Waals surface area contributed by atoms with Crippen LogP contribution in [-0.4, -0.2) is 28.6 Å². The number of benzene rings is 3. The Kier molecular flexibility index (Phi) is 7.61. The first-order valence-corrected chi connectivity index (χ1v) is 9.10. The number of aromatic carboxylic acids is 2. The third kappa shape index (κ3) is 6.39. The van der Waals surface area contributed by atoms with E-state index in [1.165, 1.54) is 24.3 Å². The summed E-state index contributed by atoms with van der Waals surface area (Å²) in [5.41, 5.74) is 25.1. The predicted octanol–water partition coefficient (Wildman–Crippen LogP) is 2.22. The van der Waals surface area contributed by atoms with Gasteiger partial charge in [0.1, 0.15) is 0 Å². The minimum absolute atomic E-state index is 0.0623. The number of anilines is 4. The lowest BCUT2D eigenvalue weighted by atomic mass is 10.0. The van der Waals surface area contributed by atoms with Gasteiger partial charge >= 0.3 is 11.9 Å². The van der Waals surface area contributed by atoms with E-state index >= 15 is 0 Å². The number of carboxylic acids is 2. The van der Waals surface area contributed by atoms with E-state index in [1.807, 2.05) is 0 Å². The maximum absolute atomic E-state index is 11.1. The lowest BCUT2D eigenvalue weighted by Gasteiger charge is -2.08. The molecule has 0 unspecified atom stereocenters. The summed E-state index contributed by atoms with van der Waals surface area (Å²) in [6.07, 6.45) is 0.468. The fourth-order valence-electron chi connectivity index (χ4n) is 2.78. The molecule has 0 heterocycles. The maximum Gasteiger partial charge on any atom is 0.337 e. The first-order valence-electron chi connectivity index (χ1n) is 9.10. The molecule has 0 fully saturated rings. The molecule has 32 heavy (non-hydrogen) atoms. The van der Waals surface area contributed by atoms with E-state index in [2.05, 4.69) is 0 Å². The van der Waals surface area contributed by atoms with Crippen LogP contribution in [0.5, 0.6) is 5.75 Å². The largest absolute Gasteiger partial charge is 0.478 e. The summed E-state index contributed by atoms with van der Waals surface area (Å²) >= 11 is 0. The van der Waals surface area contributed by atoms with Gasteiger partial charge in [-0.05, 0) is 60.0 Å². The van der Waals surface area contributed by atoms with Crippen molar-refractivity contribution in [2.24, 2.45) is 0 Å². The molecule has 0 atom stereocenters. The Labute approximate surface area is 183 Å². The van der Waals surface area contributed by atoms with Gasteiger partial charge in [0, 0.05) is 17.1 Å². The van der Waals surface area contributed by atoms with Crippen LogP contribution in [0.4, 0.5) is 22.7 Å². The van der Waals surface area contributed by atoms with E-state index in [0.717, 1.165) is 11.1 Å². The normalized spacial score (nSPS) is 9.88. The van der Waals surface area contributed by atoms with Crippen LogP contribution in [0.1, 0.15) is 31.8 Å². The minimum Gasteiger partial charge on any atom is -0.478 e. The average molecular weight is 438 g/mol. The molecule has 0 saturated heterocycles. The molecule has 0 radical (unpaired) electrons. The van der Waals surface area contributed by atoms with E-state index in [4.69, 9.17) is 37.9 Å². The van der Waals surface area contributed by atoms with Crippen LogP contribution >= 0.6 is 0 Å². The summed E-state index contributed by atoms with van der Waals surface area (Å²) in [5, 5.41) is 17.6. The van der Waals surface area contributed by atoms with Gasteiger partial charge in [0.25, 0.3) is 6.47 Å². The maximum atomic E-state index is 11.1. The van der Waals surface area contributed by atoms with Crippen LogP contribution < -0.4 is 27.7 Å². The summed E-state index contributed by atoms with van der Waals surface area (Å²) in [5.74, 6) is -1.82. The van der Waals surface area contributed by atoms with Crippen molar-refractivity contribution in [2.45, 2.75) is 6.42 Å². The zero-order valence-corrected chi connectivity index (χ0v) is 16.8. The molecule has 10 N–H and O–H groups in total. The molecule has 166 valence electrons. The molecule has 3 aromatic carbocycles. The molecule has 0 saturated carbocycles. The Morgan fingerprint density at radius 3 is 1.88 bits per heavy atom. The lowest BCUT2D eigenvalue weighted by Crippen LogP contribution is -2.03. The van der Waals surface area contributed by atoms with Crippen molar-refractivity contribution in [2.75, 3.05) is 22.9 Å². The number of carboxylic acid groups (broad SMARTS) is 2. The van der Waals surface area contributed by atoms with Gasteiger partial charge in [-0.15, -0.1) is 0 Å². The number of nitrogen functional groups attached to an aromatic ring is 4. The first kappa shape index (κ1) is 23.5. The fourth-order valence-corrected chi connectivity index (χ4v) is 2.78. The second-order valence-electron chi connectivity index (χ2n) is 6.68. The lowest BCUT2D eigenvalue weighted by molar-refractivity contribution is -0.120. The van der Waals surface area contributed by atoms with Gasteiger partial charge in [-0.1, -0.05) is 12.1 Å². The highest BCUT2D eigenvalue weighted by atomic mass is 16.5. The molecule has 0 bridgehead atoms. The molecular formula is C22H22N4O6. The molecular weight excluding hydrogens is 416 g/mol. The number of carbonyl (C=O) groups is 3. The topological polar surface area (TPSA) is 205 Å². The van der Waals surface area contributed by atoms with Crippen molar-refractivity contribution in [1.29, 1.82) is 0 Å². The number of carbonyl (C=O) groups excluding carboxylic acids is 1. The van der Waals surface area contributed by atoms with Crippen molar-refractivity contribution in [3.05, 3.63) is 76.9 Å². The monoisotopic (exact) mass is 438 g/mol. The Morgan fingerprint density at radius 2 is 1.34 bits per heavy atom. The van der Waals surface area contributed by atoms with Crippen LogP contribution in [0.15, 0.2) is 54.6 Å². The number of ether oxygens (including phenoxy) is 1. The summed E-state index contributed by atoms with van der Waals surface area (Å²) in [7, 11) is 0. The van der Waals surface area contributed by atoms with Crippen molar-refractivity contribution in [3.8, 4) is 5.75 Å². The molecule has 10 nitrogen and oxygen atoms in total. The van der Waals surface area contributed by atoms with E-state index in [9.17, 15) is 14.4 Å². The quantitative estimate of drug-likeness (QED) is 0.244. The number of rotatable bonds is 6. The molecule has 0 amide bonds. The molecule has 3 aromatic rings. The number of nitrogens with two attached hydrogens (primary N) is 4. The highest BCUT2D eigenvalue weighted by Crippen LogP contribution is 2.24. The van der Waals surface area contributed by atoms with Crippen LogP contribution in [0.2, 0.25) is 0 Å². The smallest absolute Gasteiger partial charge is 0.337 e. The van der Waals surface area contributed by atoms with Crippen LogP contribution in [0, 0.1) is 0 Å². The molecule has 0 spiro atoms. The minimum atomic E-state index is -1.07. The third-order valence-electron chi connectivity index (χ3n) is 4.23. The predicted molar refractivity (Wildman–Crippen MR) is 120 cm³/mol. The van der Waals surface area contributed by atoms with Crippen molar-refractivity contribution >= 4 is 41.2 Å². The standard InChI is InChI=1S/C15H14N2O4.C7H8N2O2/c16-12-3-1-9(6-11(12)15(19)20)5-10-2-4-13(17)14(7-10)21-8-18;8-5-1-4(7(10)11)2-6(9)3-5/h1-4,6-8H,5,16-17H2,(H,19,20);1-3H,8-9H2,(H,10,11). The van der Waals surface area contributed by atoms with E-state index in [-0.39, 0.29) is 22.6 Å². The zero-order chi connectivity index (χ0) is 23.8. The van der Waals surface area contributed by atoms with Crippen molar-refractivity contribution in [3.63, 3.8) is 0 Å². The summed E-state index contributed by atoms with van der Waals surface area (Å²) in [4.78, 5) is 31.8. The Morgan fingerprint density at radius 1 is 0.781 bits per heavy atom. The summed E-state index contributed by atoms with van der Waals surface area (Å²) in [6.45, 7) is 0.307. The van der Waals surface area contributed by atoms with Crippen molar-refractivity contribution in [1.82, 2.24) is 0 Å². The zero-order valence-electron chi connectivity index (χ0n) is 16.8. The third-order valence-corrected chi connectivity index (χ3v) is 4.23. The van der Waals surface area contributed by atoms with E-state index in [1.54, 1.807) is 30.3 Å². The van der Waals surface area contributed by atoms with Gasteiger partial charge < -0.3 is 37.9 Å². The summed E-state index contributed by atoms with van der Waals surface area (Å²) in [6, 6.07) is 14.1. The Balaban J connectivity index is 0.000000278. The van der Waals surface area contributed by atoms with Gasteiger partial charge in [-0.25, -0.2) is 9.59 Å². The van der Waals surface area contributed by atoms with Gasteiger partial charge in [0.2, 0.25) is 0 Å². The molecule has 0 aliphatic carbocycles. The fraction of sp³-hybridized carbons (Fsp3) is 0.0455. The SMILES string of the molecule is Nc1cc(N)cc(C(=O)O)c1.Nc1ccc(Cc2ccc(N)c(C(=O)O)c2)cc1OC=O. The van der Waals surface area contributed by atoms with E-state index in [0.29, 0.717) is 30.0 Å². The molecule has 3 rings (SSSR count). The van der Waals surface area contributed by atoms with Gasteiger partial charge in [-0.2, -0.15) is 0 Å². The molecule has 0 aromatic heterocycles. The molecule has 10 heteroatoms. The van der Waals surface area contributed by atoms with Crippen LogP contribution in [-0.2, 0) is 11.2 Å². The van der Waals surface area contributed by atoms with E-state index < -0.39 is 11.9 Å². The van der Waals surface area contributed by atoms with Gasteiger partial charge in [0.15, 0.2) is 5.75 Å². The van der Waals surface area contributed by atoms with Gasteiger partial charge in [-0.3, -0.25) is 4.79 Å². The number of hydrogen-bond acceptors (Lipinski definition) is 8. The molecule has 0 aliphatic heterocycles. The molecule has 0 aliphatic rings. The van der Waals surface area contributed by atoms with Crippen LogP contribution in [0.3, 0.4) is 0 Å². The van der Waals surface area contributed by atoms with Gasteiger partial charge in [0.05, 0.1) is 16.8 Å². The second kappa shape index (κ2) is 10.3. The van der Waals surface area contributed by atoms with Crippen LogP contribution in [0.25, 0.3) is 0 Å². The summed E-state index contributed by atoms with van der Waals surface area (Å²) < 4.78 is 4.78. The number of hydrogen-bond donors (Lipinski definition) is 6.